The molecule has 21 heavy (non-hydrogen) atoms. The van der Waals surface area contributed by atoms with Gasteiger partial charge in [-0.05, 0) is 44.5 Å². The molecule has 108 valence electrons. The fourth-order valence-corrected chi connectivity index (χ4v) is 1.84. The van der Waals surface area contributed by atoms with Crippen LogP contribution in [0, 0.1) is 32.6 Å². The Labute approximate surface area is 123 Å². The van der Waals surface area contributed by atoms with Crippen molar-refractivity contribution in [3.8, 4) is 11.8 Å². The van der Waals surface area contributed by atoms with Crippen molar-refractivity contribution in [2.24, 2.45) is 0 Å². The van der Waals surface area contributed by atoms with Crippen LogP contribution in [-0.2, 0) is 0 Å². The highest BCUT2D eigenvalue weighted by Crippen LogP contribution is 2.19. The summed E-state index contributed by atoms with van der Waals surface area (Å²) in [5.74, 6) is 5.42. The zero-order chi connectivity index (χ0) is 15.4. The topological polar surface area (TPSA) is 75.4 Å². The normalized spacial score (nSPS) is 9.90. The second-order valence-corrected chi connectivity index (χ2v) is 4.72. The summed E-state index contributed by atoms with van der Waals surface area (Å²) in [5.41, 5.74) is 3.61. The molecule has 0 fully saturated rings. The SMILES string of the molecule is Cc1cc(C#CCO)cc(C(=O)Nc2onc(C)c2C)c1. The summed E-state index contributed by atoms with van der Waals surface area (Å²) in [7, 11) is 0. The summed E-state index contributed by atoms with van der Waals surface area (Å²) in [6.45, 7) is 5.30. The molecule has 2 aromatic rings. The zero-order valence-electron chi connectivity index (χ0n) is 12.2. The maximum atomic E-state index is 12.3. The van der Waals surface area contributed by atoms with Crippen LogP contribution in [-0.4, -0.2) is 22.8 Å². The van der Waals surface area contributed by atoms with Gasteiger partial charge in [-0.3, -0.25) is 10.1 Å². The summed E-state index contributed by atoms with van der Waals surface area (Å²) >= 11 is 0. The molecule has 0 unspecified atom stereocenters. The average molecular weight is 284 g/mol. The highest BCUT2D eigenvalue weighted by Gasteiger charge is 2.13. The maximum absolute atomic E-state index is 12.3. The quantitative estimate of drug-likeness (QED) is 0.829. The lowest BCUT2D eigenvalue weighted by atomic mass is 10.1. The lowest BCUT2D eigenvalue weighted by Crippen LogP contribution is -2.12. The van der Waals surface area contributed by atoms with Gasteiger partial charge in [0, 0.05) is 16.7 Å². The number of anilines is 1. The average Bonchev–Trinajstić information content (AvgIpc) is 2.76. The van der Waals surface area contributed by atoms with Crippen molar-refractivity contribution in [2.75, 3.05) is 11.9 Å². The molecule has 1 heterocycles. The van der Waals surface area contributed by atoms with E-state index in [0.29, 0.717) is 17.0 Å². The van der Waals surface area contributed by atoms with Crippen molar-refractivity contribution in [3.63, 3.8) is 0 Å². The van der Waals surface area contributed by atoms with Gasteiger partial charge in [0.15, 0.2) is 0 Å². The van der Waals surface area contributed by atoms with E-state index in [1.807, 2.05) is 26.8 Å². The molecular formula is C16H16N2O3. The Kier molecular flexibility index (Phi) is 4.41. The van der Waals surface area contributed by atoms with Crippen molar-refractivity contribution in [2.45, 2.75) is 20.8 Å². The van der Waals surface area contributed by atoms with Gasteiger partial charge >= 0.3 is 0 Å². The number of nitrogens with one attached hydrogen (secondary N) is 1. The van der Waals surface area contributed by atoms with E-state index in [1.54, 1.807) is 12.1 Å². The van der Waals surface area contributed by atoms with Crippen molar-refractivity contribution in [1.29, 1.82) is 0 Å². The molecule has 0 aliphatic heterocycles. The van der Waals surface area contributed by atoms with Crippen LogP contribution in [0.3, 0.4) is 0 Å². The number of benzene rings is 1. The Bertz CT molecular complexity index is 736. The van der Waals surface area contributed by atoms with Gasteiger partial charge in [-0.25, -0.2) is 0 Å². The molecule has 0 spiro atoms. The summed E-state index contributed by atoms with van der Waals surface area (Å²) < 4.78 is 5.07. The Hall–Kier alpha value is -2.58. The number of hydrogen-bond donors (Lipinski definition) is 2. The van der Waals surface area contributed by atoms with E-state index in [0.717, 1.165) is 16.8 Å². The van der Waals surface area contributed by atoms with Crippen LogP contribution in [0.5, 0.6) is 0 Å². The number of aliphatic hydroxyl groups excluding tert-OH is 1. The number of aliphatic hydroxyl groups is 1. The van der Waals surface area contributed by atoms with Crippen molar-refractivity contribution in [1.82, 2.24) is 5.16 Å². The minimum atomic E-state index is -0.287. The van der Waals surface area contributed by atoms with Crippen molar-refractivity contribution in [3.05, 3.63) is 46.1 Å². The van der Waals surface area contributed by atoms with E-state index >= 15 is 0 Å². The molecule has 1 aromatic heterocycles. The van der Waals surface area contributed by atoms with Crippen molar-refractivity contribution >= 4 is 11.8 Å². The molecule has 0 aliphatic rings. The number of carbonyl (C=O) groups excluding carboxylic acids is 1. The molecule has 2 N–H and O–H groups in total. The van der Waals surface area contributed by atoms with Crippen LogP contribution in [0.25, 0.3) is 0 Å². The Morgan fingerprint density at radius 3 is 2.71 bits per heavy atom. The largest absolute Gasteiger partial charge is 0.384 e. The third-order valence-electron chi connectivity index (χ3n) is 3.04. The molecule has 0 aliphatic carbocycles. The van der Waals surface area contributed by atoms with Crippen LogP contribution < -0.4 is 5.32 Å². The molecule has 0 radical (unpaired) electrons. The van der Waals surface area contributed by atoms with Crippen molar-refractivity contribution < 1.29 is 14.4 Å². The lowest BCUT2D eigenvalue weighted by Gasteiger charge is -2.05. The Balaban J connectivity index is 2.26. The van der Waals surface area contributed by atoms with E-state index in [4.69, 9.17) is 9.63 Å². The fourth-order valence-electron chi connectivity index (χ4n) is 1.84. The number of carbonyl (C=O) groups is 1. The van der Waals surface area contributed by atoms with E-state index in [1.165, 1.54) is 0 Å². The van der Waals surface area contributed by atoms with Gasteiger partial charge in [0.2, 0.25) is 5.88 Å². The summed E-state index contributed by atoms with van der Waals surface area (Å²) in [6, 6.07) is 5.28. The van der Waals surface area contributed by atoms with Gasteiger partial charge in [-0.2, -0.15) is 0 Å². The predicted octanol–water partition coefficient (Wildman–Crippen LogP) is 2.20. The number of amides is 1. The fraction of sp³-hybridized carbons (Fsp3) is 0.250. The first-order chi connectivity index (χ1) is 10.0. The number of rotatable bonds is 2. The van der Waals surface area contributed by atoms with E-state index in [-0.39, 0.29) is 12.5 Å². The Morgan fingerprint density at radius 1 is 1.33 bits per heavy atom. The second-order valence-electron chi connectivity index (χ2n) is 4.72. The zero-order valence-corrected chi connectivity index (χ0v) is 12.2. The van der Waals surface area contributed by atoms with E-state index < -0.39 is 0 Å². The molecular weight excluding hydrogens is 268 g/mol. The first kappa shape index (κ1) is 14.8. The highest BCUT2D eigenvalue weighted by molar-refractivity contribution is 6.04. The van der Waals surface area contributed by atoms with Crippen LogP contribution in [0.2, 0.25) is 0 Å². The summed E-state index contributed by atoms with van der Waals surface area (Å²) in [5, 5.41) is 15.2. The number of hydrogen-bond acceptors (Lipinski definition) is 4. The number of aromatic nitrogens is 1. The van der Waals surface area contributed by atoms with Gasteiger partial charge < -0.3 is 9.63 Å². The molecule has 0 bridgehead atoms. The molecule has 2 rings (SSSR count). The predicted molar refractivity (Wildman–Crippen MR) is 79.1 cm³/mol. The van der Waals surface area contributed by atoms with Gasteiger partial charge in [0.25, 0.3) is 5.91 Å². The maximum Gasteiger partial charge on any atom is 0.258 e. The van der Waals surface area contributed by atoms with E-state index in [2.05, 4.69) is 22.3 Å². The van der Waals surface area contributed by atoms with Gasteiger partial charge in [0.1, 0.15) is 6.61 Å². The molecule has 0 saturated heterocycles. The van der Waals surface area contributed by atoms with Crippen LogP contribution in [0.15, 0.2) is 22.7 Å². The first-order valence-corrected chi connectivity index (χ1v) is 6.47. The highest BCUT2D eigenvalue weighted by atomic mass is 16.5. The molecule has 1 aromatic carbocycles. The minimum Gasteiger partial charge on any atom is -0.384 e. The second kappa shape index (κ2) is 6.25. The Morgan fingerprint density at radius 2 is 2.10 bits per heavy atom. The third-order valence-corrected chi connectivity index (χ3v) is 3.04. The summed E-state index contributed by atoms with van der Waals surface area (Å²) in [6.07, 6.45) is 0. The molecule has 1 amide bonds. The standard InChI is InChI=1S/C16H16N2O3/c1-10-7-13(5-4-6-19)9-14(8-10)15(20)17-16-11(2)12(3)18-21-16/h7-9,19H,6H2,1-3H3,(H,17,20). The lowest BCUT2D eigenvalue weighted by molar-refractivity contribution is 0.102. The third kappa shape index (κ3) is 3.50. The summed E-state index contributed by atoms with van der Waals surface area (Å²) in [4.78, 5) is 12.3. The monoisotopic (exact) mass is 284 g/mol. The first-order valence-electron chi connectivity index (χ1n) is 6.47. The van der Waals surface area contributed by atoms with Gasteiger partial charge in [-0.1, -0.05) is 17.0 Å². The number of nitrogens with zero attached hydrogens (tertiary/aromatic N) is 1. The smallest absolute Gasteiger partial charge is 0.258 e. The minimum absolute atomic E-state index is 0.216. The number of aryl methyl sites for hydroxylation is 2. The van der Waals surface area contributed by atoms with Crippen LogP contribution >= 0.6 is 0 Å². The van der Waals surface area contributed by atoms with Gasteiger partial charge in [0.05, 0.1) is 5.69 Å². The van der Waals surface area contributed by atoms with Gasteiger partial charge in [-0.15, -0.1) is 0 Å². The molecule has 5 nitrogen and oxygen atoms in total. The molecule has 0 saturated carbocycles. The molecule has 0 atom stereocenters. The van der Waals surface area contributed by atoms with Crippen LogP contribution in [0.4, 0.5) is 5.88 Å². The van der Waals surface area contributed by atoms with Crippen LogP contribution in [0.1, 0.15) is 32.7 Å². The molecule has 5 heteroatoms. The van der Waals surface area contributed by atoms with E-state index in [9.17, 15) is 4.79 Å².